The molecule has 1 atom stereocenters. The van der Waals surface area contributed by atoms with E-state index >= 15 is 0 Å². The Bertz CT molecular complexity index is 180. The van der Waals surface area contributed by atoms with Gasteiger partial charge in [0.1, 0.15) is 0 Å². The molecule has 1 N–H and O–H groups in total. The number of rotatable bonds is 7. The van der Waals surface area contributed by atoms with Crippen molar-refractivity contribution in [1.82, 2.24) is 5.32 Å². The van der Waals surface area contributed by atoms with Crippen LogP contribution in [0.5, 0.6) is 0 Å². The molecule has 1 aliphatic rings. The highest BCUT2D eigenvalue weighted by Crippen LogP contribution is 2.35. The Morgan fingerprint density at radius 2 is 2.21 bits per heavy atom. The normalized spacial score (nSPS) is 17.9. The van der Waals surface area contributed by atoms with Gasteiger partial charge in [0, 0.05) is 13.0 Å². The van der Waals surface area contributed by atoms with Crippen LogP contribution in [0.4, 0.5) is 0 Å². The lowest BCUT2D eigenvalue weighted by molar-refractivity contribution is -0.121. The van der Waals surface area contributed by atoms with Gasteiger partial charge >= 0.3 is 0 Å². The maximum absolute atomic E-state index is 11.3. The van der Waals surface area contributed by atoms with Crippen LogP contribution in [0.1, 0.15) is 45.4 Å². The Kier molecular flexibility index (Phi) is 5.31. The lowest BCUT2D eigenvalue weighted by atomic mass is 10.2. The van der Waals surface area contributed by atoms with Crippen molar-refractivity contribution >= 4 is 17.5 Å². The SMILES string of the molecule is CCCCCC(=O)NCC(Cl)C1CC1. The van der Waals surface area contributed by atoms with E-state index in [4.69, 9.17) is 11.6 Å². The van der Waals surface area contributed by atoms with E-state index in [9.17, 15) is 4.79 Å². The molecule has 1 aliphatic carbocycles. The molecule has 1 unspecified atom stereocenters. The highest BCUT2D eigenvalue weighted by molar-refractivity contribution is 6.21. The largest absolute Gasteiger partial charge is 0.355 e. The van der Waals surface area contributed by atoms with Gasteiger partial charge in [0.2, 0.25) is 5.91 Å². The van der Waals surface area contributed by atoms with E-state index in [0.717, 1.165) is 19.3 Å². The number of halogens is 1. The van der Waals surface area contributed by atoms with E-state index in [2.05, 4.69) is 12.2 Å². The smallest absolute Gasteiger partial charge is 0.220 e. The van der Waals surface area contributed by atoms with E-state index in [1.807, 2.05) is 0 Å². The first-order chi connectivity index (χ1) is 6.74. The average Bonchev–Trinajstić information content (AvgIpc) is 2.98. The van der Waals surface area contributed by atoms with Gasteiger partial charge in [-0.2, -0.15) is 0 Å². The molecule has 1 amide bonds. The monoisotopic (exact) mass is 217 g/mol. The summed E-state index contributed by atoms with van der Waals surface area (Å²) >= 11 is 6.07. The van der Waals surface area contributed by atoms with Gasteiger partial charge in [-0.3, -0.25) is 4.79 Å². The number of carbonyl (C=O) groups excluding carboxylic acids is 1. The highest BCUT2D eigenvalue weighted by atomic mass is 35.5. The number of alkyl halides is 1. The summed E-state index contributed by atoms with van der Waals surface area (Å²) in [4.78, 5) is 11.3. The van der Waals surface area contributed by atoms with Crippen LogP contribution < -0.4 is 5.32 Å². The summed E-state index contributed by atoms with van der Waals surface area (Å²) in [7, 11) is 0. The first kappa shape index (κ1) is 11.8. The number of carbonyl (C=O) groups is 1. The van der Waals surface area contributed by atoms with Crippen molar-refractivity contribution in [3.63, 3.8) is 0 Å². The Morgan fingerprint density at radius 3 is 2.79 bits per heavy atom. The molecule has 0 aromatic carbocycles. The van der Waals surface area contributed by atoms with Crippen LogP contribution in [0.15, 0.2) is 0 Å². The number of nitrogens with one attached hydrogen (secondary N) is 1. The molecule has 0 aromatic heterocycles. The van der Waals surface area contributed by atoms with Crippen LogP contribution in [-0.4, -0.2) is 17.8 Å². The molecule has 0 aromatic rings. The summed E-state index contributed by atoms with van der Waals surface area (Å²) in [5.74, 6) is 0.817. The number of hydrogen-bond donors (Lipinski definition) is 1. The van der Waals surface area contributed by atoms with Crippen molar-refractivity contribution in [3.8, 4) is 0 Å². The molecular formula is C11H20ClNO. The summed E-state index contributed by atoms with van der Waals surface area (Å²) < 4.78 is 0. The molecule has 1 rings (SSSR count). The molecule has 0 heterocycles. The lowest BCUT2D eigenvalue weighted by Gasteiger charge is -2.09. The number of hydrogen-bond acceptors (Lipinski definition) is 1. The van der Waals surface area contributed by atoms with Crippen LogP contribution in [0, 0.1) is 5.92 Å². The van der Waals surface area contributed by atoms with Crippen molar-refractivity contribution in [2.45, 2.75) is 50.8 Å². The molecule has 1 fully saturated rings. The van der Waals surface area contributed by atoms with Gasteiger partial charge in [0.05, 0.1) is 5.38 Å². The van der Waals surface area contributed by atoms with Gasteiger partial charge in [0.15, 0.2) is 0 Å². The van der Waals surface area contributed by atoms with Crippen molar-refractivity contribution in [2.75, 3.05) is 6.54 Å². The van der Waals surface area contributed by atoms with Gasteiger partial charge in [-0.25, -0.2) is 0 Å². The number of amides is 1. The number of unbranched alkanes of at least 4 members (excludes halogenated alkanes) is 2. The summed E-state index contributed by atoms with van der Waals surface area (Å²) in [5, 5.41) is 3.05. The Labute approximate surface area is 91.4 Å². The molecule has 0 saturated heterocycles. The third-order valence-corrected chi connectivity index (χ3v) is 3.15. The second-order valence-corrected chi connectivity index (χ2v) is 4.68. The Hall–Kier alpha value is -0.240. The Morgan fingerprint density at radius 1 is 1.50 bits per heavy atom. The van der Waals surface area contributed by atoms with Crippen LogP contribution in [-0.2, 0) is 4.79 Å². The molecule has 0 aliphatic heterocycles. The topological polar surface area (TPSA) is 29.1 Å². The first-order valence-corrected chi connectivity index (χ1v) is 6.08. The third kappa shape index (κ3) is 4.85. The predicted molar refractivity (Wildman–Crippen MR) is 59.5 cm³/mol. The van der Waals surface area contributed by atoms with E-state index in [0.29, 0.717) is 18.9 Å². The molecule has 1 saturated carbocycles. The average molecular weight is 218 g/mol. The minimum Gasteiger partial charge on any atom is -0.355 e. The van der Waals surface area contributed by atoms with Crippen LogP contribution >= 0.6 is 11.6 Å². The fourth-order valence-electron chi connectivity index (χ4n) is 1.46. The second kappa shape index (κ2) is 6.28. The van der Waals surface area contributed by atoms with Gasteiger partial charge in [0.25, 0.3) is 0 Å². The standard InChI is InChI=1S/C11H20ClNO/c1-2-3-4-5-11(14)13-8-10(12)9-6-7-9/h9-10H,2-8H2,1H3,(H,13,14). The zero-order valence-corrected chi connectivity index (χ0v) is 9.65. The maximum atomic E-state index is 11.3. The van der Waals surface area contributed by atoms with E-state index in [1.54, 1.807) is 0 Å². The molecule has 2 nitrogen and oxygen atoms in total. The maximum Gasteiger partial charge on any atom is 0.220 e. The molecule has 3 heteroatoms. The zero-order chi connectivity index (χ0) is 10.4. The quantitative estimate of drug-likeness (QED) is 0.516. The van der Waals surface area contributed by atoms with Crippen LogP contribution in [0.2, 0.25) is 0 Å². The van der Waals surface area contributed by atoms with E-state index in [-0.39, 0.29) is 11.3 Å². The van der Waals surface area contributed by atoms with Gasteiger partial charge in [-0.15, -0.1) is 11.6 Å². The fourth-order valence-corrected chi connectivity index (χ4v) is 1.79. The van der Waals surface area contributed by atoms with E-state index in [1.165, 1.54) is 12.8 Å². The van der Waals surface area contributed by atoms with Crippen LogP contribution in [0.3, 0.4) is 0 Å². The predicted octanol–water partition coefficient (Wildman–Crippen LogP) is 2.70. The minimum atomic E-state index is 0.157. The van der Waals surface area contributed by atoms with Crippen molar-refractivity contribution in [1.29, 1.82) is 0 Å². The summed E-state index contributed by atoms with van der Waals surface area (Å²) in [6.45, 7) is 2.79. The van der Waals surface area contributed by atoms with Crippen molar-refractivity contribution in [3.05, 3.63) is 0 Å². The summed E-state index contributed by atoms with van der Waals surface area (Å²) in [6.07, 6.45) is 6.43. The first-order valence-electron chi connectivity index (χ1n) is 5.64. The Balaban J connectivity index is 1.96. The molecule has 0 radical (unpaired) electrons. The zero-order valence-electron chi connectivity index (χ0n) is 8.89. The van der Waals surface area contributed by atoms with Gasteiger partial charge in [-0.05, 0) is 25.2 Å². The minimum absolute atomic E-state index is 0.157. The molecule has 0 bridgehead atoms. The third-order valence-electron chi connectivity index (χ3n) is 2.64. The molecule has 14 heavy (non-hydrogen) atoms. The highest BCUT2D eigenvalue weighted by Gasteiger charge is 2.29. The van der Waals surface area contributed by atoms with Crippen LogP contribution in [0.25, 0.3) is 0 Å². The molecule has 82 valence electrons. The van der Waals surface area contributed by atoms with Gasteiger partial charge < -0.3 is 5.32 Å². The second-order valence-electron chi connectivity index (χ2n) is 4.11. The van der Waals surface area contributed by atoms with Crippen molar-refractivity contribution < 1.29 is 4.79 Å². The van der Waals surface area contributed by atoms with Gasteiger partial charge in [-0.1, -0.05) is 19.8 Å². The van der Waals surface area contributed by atoms with Crippen molar-refractivity contribution in [2.24, 2.45) is 5.92 Å². The lowest BCUT2D eigenvalue weighted by Crippen LogP contribution is -2.30. The van der Waals surface area contributed by atoms with E-state index < -0.39 is 0 Å². The summed E-state index contributed by atoms with van der Waals surface area (Å²) in [6, 6.07) is 0. The fraction of sp³-hybridized carbons (Fsp3) is 0.909. The molecular weight excluding hydrogens is 198 g/mol. The summed E-state index contributed by atoms with van der Waals surface area (Å²) in [5.41, 5.74) is 0. The molecule has 0 spiro atoms.